The van der Waals surface area contributed by atoms with Gasteiger partial charge in [-0.05, 0) is 51.7 Å². The fraction of sp³-hybridized carbons (Fsp3) is 0.929. The summed E-state index contributed by atoms with van der Waals surface area (Å²) in [6.45, 7) is 4.70. The minimum atomic E-state index is -0.0421. The number of rotatable bonds is 8. The summed E-state index contributed by atoms with van der Waals surface area (Å²) in [5.74, 6) is -0.0421. The molecule has 1 aliphatic rings. The second kappa shape index (κ2) is 10.3. The van der Waals surface area contributed by atoms with Crippen LogP contribution in [0.5, 0.6) is 0 Å². The lowest BCUT2D eigenvalue weighted by atomic mass is 10.2. The molecule has 0 bridgehead atoms. The molecule has 1 heterocycles. The Labute approximate surface area is 111 Å². The SMILES string of the molecule is CNC(=O)COCCCCCN1CCCCCC1. The number of carbonyl (C=O) groups excluding carboxylic acids is 1. The Hall–Kier alpha value is -0.610. The number of likely N-dealkylation sites (N-methyl/N-ethyl adjacent to an activating group) is 1. The maximum Gasteiger partial charge on any atom is 0.245 e. The Morgan fingerprint density at radius 3 is 2.50 bits per heavy atom. The molecule has 0 spiro atoms. The summed E-state index contributed by atoms with van der Waals surface area (Å²) < 4.78 is 5.27. The fourth-order valence-electron chi connectivity index (χ4n) is 2.31. The maximum absolute atomic E-state index is 10.9. The van der Waals surface area contributed by atoms with Crippen molar-refractivity contribution in [3.05, 3.63) is 0 Å². The zero-order chi connectivity index (χ0) is 13.1. The molecular weight excluding hydrogens is 228 g/mol. The number of amides is 1. The highest BCUT2D eigenvalue weighted by molar-refractivity contribution is 5.76. The Morgan fingerprint density at radius 1 is 1.11 bits per heavy atom. The van der Waals surface area contributed by atoms with Gasteiger partial charge in [0.15, 0.2) is 0 Å². The minimum absolute atomic E-state index is 0.0421. The van der Waals surface area contributed by atoms with Crippen LogP contribution < -0.4 is 5.32 Å². The van der Waals surface area contributed by atoms with Crippen LogP contribution in [0, 0.1) is 0 Å². The smallest absolute Gasteiger partial charge is 0.245 e. The van der Waals surface area contributed by atoms with Gasteiger partial charge in [0.1, 0.15) is 6.61 Å². The molecule has 0 aromatic rings. The summed E-state index contributed by atoms with van der Waals surface area (Å²) in [6, 6.07) is 0. The molecule has 18 heavy (non-hydrogen) atoms. The van der Waals surface area contributed by atoms with Crippen molar-refractivity contribution in [2.24, 2.45) is 0 Å². The van der Waals surface area contributed by atoms with Gasteiger partial charge in [0.2, 0.25) is 5.91 Å². The molecular formula is C14H28N2O2. The van der Waals surface area contributed by atoms with Gasteiger partial charge >= 0.3 is 0 Å². The minimum Gasteiger partial charge on any atom is -0.372 e. The number of likely N-dealkylation sites (tertiary alicyclic amines) is 1. The summed E-state index contributed by atoms with van der Waals surface area (Å²) in [5, 5.41) is 2.55. The average molecular weight is 256 g/mol. The highest BCUT2D eigenvalue weighted by atomic mass is 16.5. The summed E-state index contributed by atoms with van der Waals surface area (Å²) >= 11 is 0. The predicted octanol–water partition coefficient (Wildman–Crippen LogP) is 1.80. The molecule has 0 radical (unpaired) electrons. The third-order valence-electron chi connectivity index (χ3n) is 3.47. The second-order valence-electron chi connectivity index (χ2n) is 5.04. The van der Waals surface area contributed by atoms with Crippen molar-refractivity contribution >= 4 is 5.91 Å². The van der Waals surface area contributed by atoms with Gasteiger partial charge in [-0.2, -0.15) is 0 Å². The molecule has 1 rings (SSSR count). The lowest BCUT2D eigenvalue weighted by molar-refractivity contribution is -0.125. The number of nitrogens with one attached hydrogen (secondary N) is 1. The van der Waals surface area contributed by atoms with Gasteiger partial charge in [0.25, 0.3) is 0 Å². The highest BCUT2D eigenvalue weighted by Gasteiger charge is 2.07. The molecule has 1 aliphatic heterocycles. The molecule has 0 aliphatic carbocycles. The van der Waals surface area contributed by atoms with Crippen molar-refractivity contribution in [2.45, 2.75) is 44.9 Å². The summed E-state index contributed by atoms with van der Waals surface area (Å²) in [7, 11) is 1.63. The monoisotopic (exact) mass is 256 g/mol. The topological polar surface area (TPSA) is 41.6 Å². The van der Waals surface area contributed by atoms with E-state index in [-0.39, 0.29) is 12.5 Å². The van der Waals surface area contributed by atoms with Crippen molar-refractivity contribution in [3.8, 4) is 0 Å². The van der Waals surface area contributed by atoms with Crippen LogP contribution in [-0.2, 0) is 9.53 Å². The van der Waals surface area contributed by atoms with Crippen LogP contribution in [0.15, 0.2) is 0 Å². The molecule has 4 nitrogen and oxygen atoms in total. The molecule has 1 amide bonds. The molecule has 0 unspecified atom stereocenters. The molecule has 106 valence electrons. The van der Waals surface area contributed by atoms with E-state index in [1.54, 1.807) is 7.05 Å². The Kier molecular flexibility index (Phi) is 8.86. The van der Waals surface area contributed by atoms with Crippen LogP contribution in [0.4, 0.5) is 0 Å². The quantitative estimate of drug-likeness (QED) is 0.673. The van der Waals surface area contributed by atoms with Gasteiger partial charge in [-0.3, -0.25) is 4.79 Å². The number of hydrogen-bond acceptors (Lipinski definition) is 3. The first-order valence-electron chi connectivity index (χ1n) is 7.33. The van der Waals surface area contributed by atoms with Gasteiger partial charge in [-0.15, -0.1) is 0 Å². The largest absolute Gasteiger partial charge is 0.372 e. The number of carbonyl (C=O) groups is 1. The molecule has 1 fully saturated rings. The van der Waals surface area contributed by atoms with Crippen molar-refractivity contribution < 1.29 is 9.53 Å². The molecule has 1 N–H and O–H groups in total. The third-order valence-corrected chi connectivity index (χ3v) is 3.47. The van der Waals surface area contributed by atoms with E-state index in [2.05, 4.69) is 10.2 Å². The average Bonchev–Trinajstić information content (AvgIpc) is 2.66. The normalized spacial score (nSPS) is 17.4. The summed E-state index contributed by atoms with van der Waals surface area (Å²) in [6.07, 6.45) is 9.07. The first-order chi connectivity index (χ1) is 8.83. The van der Waals surface area contributed by atoms with Gasteiger partial charge in [-0.25, -0.2) is 0 Å². The lowest BCUT2D eigenvalue weighted by Gasteiger charge is -2.19. The highest BCUT2D eigenvalue weighted by Crippen LogP contribution is 2.10. The molecule has 0 aromatic carbocycles. The van der Waals surface area contributed by atoms with Crippen LogP contribution in [0.1, 0.15) is 44.9 Å². The van der Waals surface area contributed by atoms with E-state index in [9.17, 15) is 4.79 Å². The van der Waals surface area contributed by atoms with Crippen LogP contribution in [0.2, 0.25) is 0 Å². The van der Waals surface area contributed by atoms with Gasteiger partial charge in [-0.1, -0.05) is 12.8 Å². The molecule has 0 atom stereocenters. The van der Waals surface area contributed by atoms with Crippen LogP contribution in [0.3, 0.4) is 0 Å². The van der Waals surface area contributed by atoms with E-state index in [1.165, 1.54) is 58.2 Å². The predicted molar refractivity (Wildman–Crippen MR) is 73.6 cm³/mol. The van der Waals surface area contributed by atoms with Crippen molar-refractivity contribution in [1.29, 1.82) is 0 Å². The first-order valence-corrected chi connectivity index (χ1v) is 7.33. The second-order valence-corrected chi connectivity index (χ2v) is 5.04. The zero-order valence-corrected chi connectivity index (χ0v) is 11.7. The lowest BCUT2D eigenvalue weighted by Crippen LogP contribution is -2.25. The molecule has 4 heteroatoms. The van der Waals surface area contributed by atoms with Crippen molar-refractivity contribution in [3.63, 3.8) is 0 Å². The van der Waals surface area contributed by atoms with Gasteiger partial charge in [0, 0.05) is 13.7 Å². The van der Waals surface area contributed by atoms with E-state index in [0.717, 1.165) is 6.42 Å². The van der Waals surface area contributed by atoms with E-state index in [1.807, 2.05) is 0 Å². The van der Waals surface area contributed by atoms with Gasteiger partial charge in [0.05, 0.1) is 0 Å². The Bertz CT molecular complexity index is 214. The first kappa shape index (κ1) is 15.4. The summed E-state index contributed by atoms with van der Waals surface area (Å²) in [5.41, 5.74) is 0. The van der Waals surface area contributed by atoms with Crippen LogP contribution in [-0.4, -0.2) is 50.7 Å². The number of unbranched alkanes of at least 4 members (excludes halogenated alkanes) is 2. The standard InChI is InChI=1S/C14H28N2O2/c1-15-14(17)13-18-12-8-4-7-11-16-9-5-2-3-6-10-16/h2-13H2,1H3,(H,15,17). The fourth-order valence-corrected chi connectivity index (χ4v) is 2.31. The maximum atomic E-state index is 10.9. The van der Waals surface area contributed by atoms with E-state index in [4.69, 9.17) is 4.74 Å². The molecule has 0 saturated carbocycles. The summed E-state index contributed by atoms with van der Waals surface area (Å²) in [4.78, 5) is 13.5. The number of nitrogens with zero attached hydrogens (tertiary/aromatic N) is 1. The van der Waals surface area contributed by atoms with Gasteiger partial charge < -0.3 is 15.0 Å². The number of hydrogen-bond donors (Lipinski definition) is 1. The Morgan fingerprint density at radius 2 is 1.83 bits per heavy atom. The number of ether oxygens (including phenoxy) is 1. The van der Waals surface area contributed by atoms with Crippen LogP contribution in [0.25, 0.3) is 0 Å². The van der Waals surface area contributed by atoms with E-state index >= 15 is 0 Å². The Balaban J connectivity index is 1.87. The molecule has 0 aromatic heterocycles. The van der Waals surface area contributed by atoms with E-state index < -0.39 is 0 Å². The molecule has 1 saturated heterocycles. The van der Waals surface area contributed by atoms with Crippen LogP contribution >= 0.6 is 0 Å². The zero-order valence-electron chi connectivity index (χ0n) is 11.7. The third kappa shape index (κ3) is 7.67. The van der Waals surface area contributed by atoms with E-state index in [0.29, 0.717) is 6.61 Å². The van der Waals surface area contributed by atoms with Crippen molar-refractivity contribution in [1.82, 2.24) is 10.2 Å². The van der Waals surface area contributed by atoms with Crippen molar-refractivity contribution in [2.75, 3.05) is 39.9 Å².